The highest BCUT2D eigenvalue weighted by Crippen LogP contribution is 2.43. The third-order valence-electron chi connectivity index (χ3n) is 4.70. The fourth-order valence-electron chi connectivity index (χ4n) is 3.10. The SMILES string of the molecule is CN(C)CCn1ncc(Cl)c1C(O)C1CCC(C)(C)CC1. The number of halogens is 1. The number of aliphatic hydroxyl groups excluding tert-OH is 1. The van der Waals surface area contributed by atoms with E-state index in [4.69, 9.17) is 11.6 Å². The first-order valence-corrected chi connectivity index (χ1v) is 8.22. The van der Waals surface area contributed by atoms with Crippen molar-refractivity contribution in [3.8, 4) is 0 Å². The summed E-state index contributed by atoms with van der Waals surface area (Å²) in [6.45, 7) is 6.26. The van der Waals surface area contributed by atoms with Gasteiger partial charge in [-0.05, 0) is 51.1 Å². The molecule has 1 atom stereocenters. The zero-order valence-corrected chi connectivity index (χ0v) is 14.4. The van der Waals surface area contributed by atoms with Gasteiger partial charge in [-0.3, -0.25) is 4.68 Å². The normalized spacial score (nSPS) is 20.9. The molecule has 0 bridgehead atoms. The second-order valence-electron chi connectivity index (χ2n) is 7.35. The van der Waals surface area contributed by atoms with Gasteiger partial charge in [0.05, 0.1) is 29.6 Å². The fourth-order valence-corrected chi connectivity index (χ4v) is 3.35. The number of aromatic nitrogens is 2. The first kappa shape index (κ1) is 16.8. The minimum Gasteiger partial charge on any atom is -0.386 e. The fraction of sp³-hybridized carbons (Fsp3) is 0.812. The second-order valence-corrected chi connectivity index (χ2v) is 7.76. The molecule has 1 aromatic heterocycles. The van der Waals surface area contributed by atoms with Gasteiger partial charge in [0.1, 0.15) is 0 Å². The Kier molecular flexibility index (Phi) is 5.33. The first-order valence-electron chi connectivity index (χ1n) is 7.84. The minimum atomic E-state index is -0.502. The van der Waals surface area contributed by atoms with Crippen LogP contribution in [0.25, 0.3) is 0 Å². The standard InChI is InChI=1S/C16H28ClN3O/c1-16(2)7-5-12(6-8-16)15(21)14-13(17)11-18-20(14)10-9-19(3)4/h11-12,15,21H,5-10H2,1-4H3. The summed E-state index contributed by atoms with van der Waals surface area (Å²) in [5.41, 5.74) is 1.20. The van der Waals surface area contributed by atoms with Gasteiger partial charge in [-0.1, -0.05) is 25.4 Å². The molecule has 0 spiro atoms. The average molecular weight is 314 g/mol. The van der Waals surface area contributed by atoms with E-state index in [0.29, 0.717) is 16.4 Å². The zero-order valence-electron chi connectivity index (χ0n) is 13.6. The van der Waals surface area contributed by atoms with Crippen LogP contribution < -0.4 is 0 Å². The monoisotopic (exact) mass is 313 g/mol. The van der Waals surface area contributed by atoms with Gasteiger partial charge >= 0.3 is 0 Å². The molecule has 1 aliphatic carbocycles. The molecule has 1 aliphatic rings. The van der Waals surface area contributed by atoms with E-state index in [0.717, 1.165) is 44.5 Å². The van der Waals surface area contributed by atoms with Crippen molar-refractivity contribution in [2.75, 3.05) is 20.6 Å². The Morgan fingerprint density at radius 2 is 2.05 bits per heavy atom. The van der Waals surface area contributed by atoms with Crippen molar-refractivity contribution < 1.29 is 5.11 Å². The van der Waals surface area contributed by atoms with Crippen LogP contribution in [-0.4, -0.2) is 40.4 Å². The minimum absolute atomic E-state index is 0.297. The first-order chi connectivity index (χ1) is 9.80. The van der Waals surface area contributed by atoms with Crippen LogP contribution in [0.15, 0.2) is 6.20 Å². The van der Waals surface area contributed by atoms with E-state index in [1.807, 2.05) is 18.8 Å². The lowest BCUT2D eigenvalue weighted by atomic mass is 9.71. The van der Waals surface area contributed by atoms with Crippen LogP contribution in [0.5, 0.6) is 0 Å². The van der Waals surface area contributed by atoms with E-state index in [9.17, 15) is 5.11 Å². The largest absolute Gasteiger partial charge is 0.386 e. The Labute approximate surface area is 133 Å². The second kappa shape index (κ2) is 6.67. The molecule has 0 saturated heterocycles. The van der Waals surface area contributed by atoms with Crippen molar-refractivity contribution in [2.45, 2.75) is 52.2 Å². The van der Waals surface area contributed by atoms with Gasteiger partial charge in [-0.2, -0.15) is 5.10 Å². The quantitative estimate of drug-likeness (QED) is 0.906. The lowest BCUT2D eigenvalue weighted by Gasteiger charge is -2.36. The van der Waals surface area contributed by atoms with Crippen molar-refractivity contribution in [2.24, 2.45) is 11.3 Å². The van der Waals surface area contributed by atoms with Crippen LogP contribution in [-0.2, 0) is 6.54 Å². The summed E-state index contributed by atoms with van der Waals surface area (Å²) in [5, 5.41) is 15.7. The predicted octanol–water partition coefficient (Wildman–Crippen LogP) is 3.35. The molecule has 2 rings (SSSR count). The van der Waals surface area contributed by atoms with Crippen LogP contribution in [0.2, 0.25) is 5.02 Å². The van der Waals surface area contributed by atoms with Gasteiger partial charge in [0.2, 0.25) is 0 Å². The average Bonchev–Trinajstić information content (AvgIpc) is 2.76. The van der Waals surface area contributed by atoms with Crippen molar-refractivity contribution in [1.29, 1.82) is 0 Å². The topological polar surface area (TPSA) is 41.3 Å². The number of hydrogen-bond donors (Lipinski definition) is 1. The molecule has 0 amide bonds. The molecule has 120 valence electrons. The summed E-state index contributed by atoms with van der Waals surface area (Å²) in [5.74, 6) is 0.297. The number of rotatable bonds is 5. The highest BCUT2D eigenvalue weighted by atomic mass is 35.5. The molecule has 21 heavy (non-hydrogen) atoms. The molecule has 4 nitrogen and oxygen atoms in total. The molecule has 1 aromatic rings. The lowest BCUT2D eigenvalue weighted by Crippen LogP contribution is -2.27. The summed E-state index contributed by atoms with van der Waals surface area (Å²) in [7, 11) is 4.06. The Hall–Kier alpha value is -0.580. The highest BCUT2D eigenvalue weighted by molar-refractivity contribution is 6.31. The Morgan fingerprint density at radius 3 is 2.62 bits per heavy atom. The highest BCUT2D eigenvalue weighted by Gasteiger charge is 2.33. The Balaban J connectivity index is 2.08. The van der Waals surface area contributed by atoms with Gasteiger partial charge < -0.3 is 10.0 Å². The molecular weight excluding hydrogens is 286 g/mol. The van der Waals surface area contributed by atoms with E-state index >= 15 is 0 Å². The van der Waals surface area contributed by atoms with Gasteiger partial charge in [0, 0.05) is 6.54 Å². The smallest absolute Gasteiger partial charge is 0.0999 e. The van der Waals surface area contributed by atoms with Crippen LogP contribution in [0, 0.1) is 11.3 Å². The van der Waals surface area contributed by atoms with Crippen molar-refractivity contribution >= 4 is 11.6 Å². The van der Waals surface area contributed by atoms with Crippen LogP contribution >= 0.6 is 11.6 Å². The van der Waals surface area contributed by atoms with Crippen molar-refractivity contribution in [1.82, 2.24) is 14.7 Å². The van der Waals surface area contributed by atoms with E-state index in [1.165, 1.54) is 0 Å². The zero-order chi connectivity index (χ0) is 15.6. The summed E-state index contributed by atoms with van der Waals surface area (Å²) in [6, 6.07) is 0. The maximum Gasteiger partial charge on any atom is 0.0999 e. The number of hydrogen-bond acceptors (Lipinski definition) is 3. The molecule has 1 heterocycles. The molecule has 1 N–H and O–H groups in total. The van der Waals surface area contributed by atoms with Crippen molar-refractivity contribution in [3.05, 3.63) is 16.9 Å². The summed E-state index contributed by atoms with van der Waals surface area (Å²) >= 11 is 6.27. The number of nitrogens with zero attached hydrogens (tertiary/aromatic N) is 3. The van der Waals surface area contributed by atoms with E-state index in [1.54, 1.807) is 6.20 Å². The van der Waals surface area contributed by atoms with E-state index in [-0.39, 0.29) is 0 Å². The van der Waals surface area contributed by atoms with E-state index < -0.39 is 6.10 Å². The van der Waals surface area contributed by atoms with E-state index in [2.05, 4.69) is 23.8 Å². The van der Waals surface area contributed by atoms with Gasteiger partial charge in [-0.25, -0.2) is 0 Å². The number of aliphatic hydroxyl groups is 1. The molecule has 0 radical (unpaired) electrons. The molecular formula is C16H28ClN3O. The molecule has 1 saturated carbocycles. The third kappa shape index (κ3) is 4.21. The van der Waals surface area contributed by atoms with Gasteiger partial charge in [-0.15, -0.1) is 0 Å². The summed E-state index contributed by atoms with van der Waals surface area (Å²) in [4.78, 5) is 2.11. The maximum absolute atomic E-state index is 10.8. The van der Waals surface area contributed by atoms with Crippen LogP contribution in [0.4, 0.5) is 0 Å². The van der Waals surface area contributed by atoms with Gasteiger partial charge in [0.15, 0.2) is 0 Å². The predicted molar refractivity (Wildman–Crippen MR) is 86.5 cm³/mol. The molecule has 0 aromatic carbocycles. The summed E-state index contributed by atoms with van der Waals surface area (Å²) in [6.07, 6.45) is 5.60. The molecule has 1 unspecified atom stereocenters. The van der Waals surface area contributed by atoms with Crippen molar-refractivity contribution in [3.63, 3.8) is 0 Å². The Bertz CT molecular complexity index is 460. The lowest BCUT2D eigenvalue weighted by molar-refractivity contribution is 0.0503. The summed E-state index contributed by atoms with van der Waals surface area (Å²) < 4.78 is 1.87. The maximum atomic E-state index is 10.8. The Morgan fingerprint density at radius 1 is 1.43 bits per heavy atom. The molecule has 1 fully saturated rings. The molecule has 0 aliphatic heterocycles. The van der Waals surface area contributed by atoms with Crippen LogP contribution in [0.1, 0.15) is 51.3 Å². The molecule has 5 heteroatoms. The van der Waals surface area contributed by atoms with Crippen LogP contribution in [0.3, 0.4) is 0 Å². The third-order valence-corrected chi connectivity index (χ3v) is 4.99. The number of likely N-dealkylation sites (N-methyl/N-ethyl adjacent to an activating group) is 1. The van der Waals surface area contributed by atoms with Gasteiger partial charge in [0.25, 0.3) is 0 Å².